The van der Waals surface area contributed by atoms with E-state index in [0.29, 0.717) is 6.61 Å². The normalized spacial score (nSPS) is 10.5. The summed E-state index contributed by atoms with van der Waals surface area (Å²) in [6.07, 6.45) is 2.75. The van der Waals surface area contributed by atoms with Crippen LogP contribution in [-0.4, -0.2) is 18.5 Å². The maximum Gasteiger partial charge on any atom is 0.344 e. The van der Waals surface area contributed by atoms with Crippen LogP contribution >= 0.6 is 34.8 Å². The SMILES string of the molecule is CCCCCOC(=O)c1ccccc1C(=O)Oc1cc(Cl)cc(Cl)c1Cl. The molecule has 0 aromatic heterocycles. The lowest BCUT2D eigenvalue weighted by Crippen LogP contribution is -2.16. The van der Waals surface area contributed by atoms with E-state index in [0.717, 1.165) is 19.3 Å². The van der Waals surface area contributed by atoms with Gasteiger partial charge in [0.05, 0.1) is 22.8 Å². The Labute approximate surface area is 167 Å². The van der Waals surface area contributed by atoms with Crippen molar-refractivity contribution in [1.82, 2.24) is 0 Å². The zero-order valence-electron chi connectivity index (χ0n) is 14.1. The molecule has 0 atom stereocenters. The Morgan fingerprint density at radius 3 is 2.27 bits per heavy atom. The van der Waals surface area contributed by atoms with Crippen molar-refractivity contribution in [1.29, 1.82) is 0 Å². The Balaban J connectivity index is 2.18. The Hall–Kier alpha value is -1.75. The van der Waals surface area contributed by atoms with Gasteiger partial charge in [-0.05, 0) is 24.6 Å². The summed E-state index contributed by atoms with van der Waals surface area (Å²) in [7, 11) is 0. The van der Waals surface area contributed by atoms with Crippen molar-refractivity contribution in [3.05, 3.63) is 62.6 Å². The second-order valence-corrected chi connectivity index (χ2v) is 6.70. The molecule has 138 valence electrons. The minimum absolute atomic E-state index is 0.0142. The summed E-state index contributed by atoms with van der Waals surface area (Å²) in [5.41, 5.74) is 0.193. The van der Waals surface area contributed by atoms with Crippen LogP contribution in [0.2, 0.25) is 15.1 Å². The summed E-state index contributed by atoms with van der Waals surface area (Å²) in [6, 6.07) is 9.06. The van der Waals surface area contributed by atoms with Gasteiger partial charge in [-0.2, -0.15) is 0 Å². The maximum atomic E-state index is 12.5. The zero-order chi connectivity index (χ0) is 19.1. The fraction of sp³-hybridized carbons (Fsp3) is 0.263. The molecule has 2 aromatic rings. The predicted molar refractivity (Wildman–Crippen MR) is 103 cm³/mol. The van der Waals surface area contributed by atoms with E-state index in [2.05, 4.69) is 6.92 Å². The van der Waals surface area contributed by atoms with Gasteiger partial charge in [0.15, 0.2) is 5.75 Å². The van der Waals surface area contributed by atoms with Gasteiger partial charge in [0.25, 0.3) is 0 Å². The smallest absolute Gasteiger partial charge is 0.344 e. The van der Waals surface area contributed by atoms with Gasteiger partial charge in [0, 0.05) is 11.1 Å². The van der Waals surface area contributed by atoms with E-state index < -0.39 is 11.9 Å². The van der Waals surface area contributed by atoms with Gasteiger partial charge in [-0.15, -0.1) is 0 Å². The number of carbonyl (C=O) groups excluding carboxylic acids is 2. The third kappa shape index (κ3) is 5.37. The van der Waals surface area contributed by atoms with Gasteiger partial charge in [0.1, 0.15) is 5.02 Å². The number of benzene rings is 2. The summed E-state index contributed by atoms with van der Waals surface area (Å²) < 4.78 is 10.5. The van der Waals surface area contributed by atoms with Crippen molar-refractivity contribution in [3.8, 4) is 5.75 Å². The van der Waals surface area contributed by atoms with E-state index in [1.165, 1.54) is 24.3 Å². The minimum atomic E-state index is -0.758. The highest BCUT2D eigenvalue weighted by Gasteiger charge is 2.21. The van der Waals surface area contributed by atoms with Gasteiger partial charge < -0.3 is 9.47 Å². The third-order valence-corrected chi connectivity index (χ3v) is 4.51. The second kappa shape index (κ2) is 9.81. The third-order valence-electron chi connectivity index (χ3n) is 3.51. The van der Waals surface area contributed by atoms with Gasteiger partial charge in [-0.1, -0.05) is 66.7 Å². The van der Waals surface area contributed by atoms with Crippen molar-refractivity contribution in [3.63, 3.8) is 0 Å². The Morgan fingerprint density at radius 2 is 1.62 bits per heavy atom. The molecule has 7 heteroatoms. The summed E-state index contributed by atoms with van der Waals surface area (Å²) in [4.78, 5) is 24.8. The van der Waals surface area contributed by atoms with E-state index in [-0.39, 0.29) is 31.9 Å². The lowest BCUT2D eigenvalue weighted by molar-refractivity contribution is 0.0490. The number of rotatable bonds is 7. The van der Waals surface area contributed by atoms with E-state index in [1.807, 2.05) is 0 Å². The molecule has 2 rings (SSSR count). The van der Waals surface area contributed by atoms with Gasteiger partial charge in [-0.25, -0.2) is 9.59 Å². The van der Waals surface area contributed by atoms with Gasteiger partial charge >= 0.3 is 11.9 Å². The van der Waals surface area contributed by atoms with Crippen LogP contribution in [-0.2, 0) is 4.74 Å². The van der Waals surface area contributed by atoms with E-state index in [4.69, 9.17) is 44.3 Å². The van der Waals surface area contributed by atoms with Gasteiger partial charge in [0.2, 0.25) is 0 Å². The molecule has 0 aliphatic rings. The molecule has 4 nitrogen and oxygen atoms in total. The largest absolute Gasteiger partial charge is 0.462 e. The number of unbranched alkanes of at least 4 members (excludes halogenated alkanes) is 2. The first-order chi connectivity index (χ1) is 12.4. The van der Waals surface area contributed by atoms with Crippen LogP contribution < -0.4 is 4.74 Å². The first-order valence-electron chi connectivity index (χ1n) is 8.07. The molecule has 0 spiro atoms. The molecule has 0 amide bonds. The molecule has 26 heavy (non-hydrogen) atoms. The number of carbonyl (C=O) groups is 2. The summed E-state index contributed by atoms with van der Waals surface area (Å²) in [6.45, 7) is 2.35. The summed E-state index contributed by atoms with van der Waals surface area (Å²) in [5, 5.41) is 0.487. The van der Waals surface area contributed by atoms with Crippen molar-refractivity contribution in [2.45, 2.75) is 26.2 Å². The van der Waals surface area contributed by atoms with Crippen LogP contribution in [0.5, 0.6) is 5.75 Å². The Bertz CT molecular complexity index is 805. The summed E-state index contributed by atoms with van der Waals surface area (Å²) >= 11 is 17.9. The van der Waals surface area contributed by atoms with Crippen molar-refractivity contribution >= 4 is 46.7 Å². The van der Waals surface area contributed by atoms with E-state index in [9.17, 15) is 9.59 Å². The van der Waals surface area contributed by atoms with Crippen LogP contribution in [0.3, 0.4) is 0 Å². The molecule has 0 aliphatic heterocycles. The second-order valence-electron chi connectivity index (χ2n) is 5.48. The monoisotopic (exact) mass is 414 g/mol. The Kier molecular flexibility index (Phi) is 7.76. The molecular formula is C19H17Cl3O4. The highest BCUT2D eigenvalue weighted by molar-refractivity contribution is 6.44. The van der Waals surface area contributed by atoms with Crippen molar-refractivity contribution in [2.75, 3.05) is 6.61 Å². The van der Waals surface area contributed by atoms with Crippen LogP contribution in [0, 0.1) is 0 Å². The molecule has 0 radical (unpaired) electrons. The Morgan fingerprint density at radius 1 is 0.962 bits per heavy atom. The average molecular weight is 416 g/mol. The molecule has 0 fully saturated rings. The van der Waals surface area contributed by atoms with Crippen LogP contribution in [0.1, 0.15) is 46.9 Å². The average Bonchev–Trinajstić information content (AvgIpc) is 2.62. The van der Waals surface area contributed by atoms with Crippen molar-refractivity contribution < 1.29 is 19.1 Å². The number of esters is 2. The molecule has 0 unspecified atom stereocenters. The standard InChI is InChI=1S/C19H17Cl3O4/c1-2-3-6-9-25-18(23)13-7-4-5-8-14(13)19(24)26-16-11-12(20)10-15(21)17(16)22/h4-5,7-8,10-11H,2-3,6,9H2,1H3. The van der Waals surface area contributed by atoms with Crippen LogP contribution in [0.15, 0.2) is 36.4 Å². The molecular weight excluding hydrogens is 399 g/mol. The fourth-order valence-corrected chi connectivity index (χ4v) is 2.82. The van der Waals surface area contributed by atoms with Gasteiger partial charge in [-0.3, -0.25) is 0 Å². The maximum absolute atomic E-state index is 12.5. The zero-order valence-corrected chi connectivity index (χ0v) is 16.3. The highest BCUT2D eigenvalue weighted by atomic mass is 35.5. The summed E-state index contributed by atoms with van der Waals surface area (Å²) in [5.74, 6) is -1.32. The molecule has 0 saturated heterocycles. The molecule has 0 bridgehead atoms. The molecule has 2 aromatic carbocycles. The predicted octanol–water partition coefficient (Wildman–Crippen LogP) is 6.21. The fourth-order valence-electron chi connectivity index (χ4n) is 2.20. The lowest BCUT2D eigenvalue weighted by Gasteiger charge is -2.11. The molecule has 0 aliphatic carbocycles. The minimum Gasteiger partial charge on any atom is -0.462 e. The van der Waals surface area contributed by atoms with Crippen LogP contribution in [0.4, 0.5) is 0 Å². The first-order valence-corrected chi connectivity index (χ1v) is 9.20. The molecule has 0 N–H and O–H groups in total. The van der Waals surface area contributed by atoms with E-state index in [1.54, 1.807) is 12.1 Å². The number of ether oxygens (including phenoxy) is 2. The van der Waals surface area contributed by atoms with E-state index >= 15 is 0 Å². The number of halogens is 3. The first kappa shape index (κ1) is 20.6. The van der Waals surface area contributed by atoms with Crippen molar-refractivity contribution in [2.24, 2.45) is 0 Å². The quantitative estimate of drug-likeness (QED) is 0.233. The lowest BCUT2D eigenvalue weighted by atomic mass is 10.1. The molecule has 0 heterocycles. The number of hydrogen-bond donors (Lipinski definition) is 0. The topological polar surface area (TPSA) is 52.6 Å². The van der Waals surface area contributed by atoms with Crippen LogP contribution in [0.25, 0.3) is 0 Å². The highest BCUT2D eigenvalue weighted by Crippen LogP contribution is 2.35. The number of hydrogen-bond acceptors (Lipinski definition) is 4. The molecule has 0 saturated carbocycles.